The Morgan fingerprint density at radius 2 is 2.20 bits per heavy atom. The number of hydrogen-bond donors (Lipinski definition) is 3. The molecule has 3 rings (SSSR count). The molecular weight excluding hydrogens is 270 g/mol. The van der Waals surface area contributed by atoms with Crippen LogP contribution in [0.2, 0.25) is 0 Å². The lowest BCUT2D eigenvalue weighted by atomic mass is 9.53. The maximum Gasteiger partial charge on any atom is 0.241 e. The summed E-state index contributed by atoms with van der Waals surface area (Å²) in [5.74, 6) is 2.90. The third kappa shape index (κ3) is 1.67. The molecule has 2 saturated heterocycles. The highest BCUT2D eigenvalue weighted by atomic mass is 32.1. The second-order valence-electron chi connectivity index (χ2n) is 6.26. The zero-order valence-corrected chi connectivity index (χ0v) is 12.6. The van der Waals surface area contributed by atoms with Crippen molar-refractivity contribution in [2.75, 3.05) is 0 Å². The summed E-state index contributed by atoms with van der Waals surface area (Å²) < 4.78 is 0. The lowest BCUT2D eigenvalue weighted by Crippen LogP contribution is -2.78. The van der Waals surface area contributed by atoms with Gasteiger partial charge in [0.15, 0.2) is 5.11 Å². The molecule has 1 spiro atoms. The molecule has 0 aromatic rings. The van der Waals surface area contributed by atoms with Gasteiger partial charge in [0.2, 0.25) is 5.91 Å². The molecule has 3 N–H and O–H groups in total. The molecule has 4 unspecified atom stereocenters. The summed E-state index contributed by atoms with van der Waals surface area (Å²) in [7, 11) is 0. The number of rotatable bonds is 3. The highest BCUT2D eigenvalue weighted by Gasteiger charge is 2.66. The van der Waals surface area contributed by atoms with Crippen molar-refractivity contribution in [1.29, 1.82) is 0 Å². The van der Waals surface area contributed by atoms with Crippen LogP contribution in [-0.2, 0) is 4.79 Å². The minimum Gasteiger partial charge on any atom is -0.358 e. The Hall–Kier alpha value is -1.28. The Morgan fingerprint density at radius 1 is 1.45 bits per heavy atom. The van der Waals surface area contributed by atoms with Crippen molar-refractivity contribution in [1.82, 2.24) is 16.0 Å². The van der Waals surface area contributed by atoms with Gasteiger partial charge in [0.1, 0.15) is 5.41 Å². The van der Waals surface area contributed by atoms with E-state index in [1.54, 1.807) is 0 Å². The van der Waals surface area contributed by atoms with E-state index in [-0.39, 0.29) is 17.5 Å². The summed E-state index contributed by atoms with van der Waals surface area (Å²) >= 11 is 5.19. The van der Waals surface area contributed by atoms with E-state index in [0.717, 1.165) is 43.6 Å². The molecule has 108 valence electrons. The van der Waals surface area contributed by atoms with E-state index in [1.807, 2.05) is 0 Å². The van der Waals surface area contributed by atoms with E-state index in [4.69, 9.17) is 18.6 Å². The molecule has 0 aromatic heterocycles. The van der Waals surface area contributed by atoms with Gasteiger partial charge >= 0.3 is 0 Å². The van der Waals surface area contributed by atoms with Crippen LogP contribution < -0.4 is 16.0 Å². The number of β-lactam (4-membered cyclic amide) rings is 1. The van der Waals surface area contributed by atoms with Crippen molar-refractivity contribution in [3.05, 3.63) is 0 Å². The first-order chi connectivity index (χ1) is 9.57. The Morgan fingerprint density at radius 3 is 2.85 bits per heavy atom. The standard InChI is InChI=1S/C15H21N3OS/c1-3-5-7-14(4-2)12(19)18-15(14)8-6-10-11(9-15)17-13(20)16-10/h2,10-11H,3,5-9H2,1H3,(H,18,19)(H2,16,17,20). The van der Waals surface area contributed by atoms with Gasteiger partial charge in [0.25, 0.3) is 0 Å². The van der Waals surface area contributed by atoms with Gasteiger partial charge < -0.3 is 16.0 Å². The monoisotopic (exact) mass is 291 g/mol. The van der Waals surface area contributed by atoms with E-state index in [1.165, 1.54) is 0 Å². The molecule has 3 fully saturated rings. The quantitative estimate of drug-likeness (QED) is 0.413. The normalized spacial score (nSPS) is 42.0. The van der Waals surface area contributed by atoms with Crippen LogP contribution in [0.25, 0.3) is 0 Å². The third-order valence-corrected chi connectivity index (χ3v) is 5.51. The van der Waals surface area contributed by atoms with Crippen LogP contribution in [0.5, 0.6) is 0 Å². The molecule has 0 aromatic carbocycles. The first-order valence-electron chi connectivity index (χ1n) is 7.44. The molecule has 0 radical (unpaired) electrons. The molecule has 4 nitrogen and oxygen atoms in total. The van der Waals surface area contributed by atoms with Gasteiger partial charge in [-0.2, -0.15) is 0 Å². The lowest BCUT2D eigenvalue weighted by molar-refractivity contribution is -0.154. The summed E-state index contributed by atoms with van der Waals surface area (Å²) in [5, 5.41) is 10.5. The number of carbonyl (C=O) groups excluding carboxylic acids is 1. The topological polar surface area (TPSA) is 53.2 Å². The zero-order chi connectivity index (χ0) is 14.4. The Kier molecular flexibility index (Phi) is 3.17. The van der Waals surface area contributed by atoms with Crippen LogP contribution in [0.3, 0.4) is 0 Å². The van der Waals surface area contributed by atoms with E-state index in [9.17, 15) is 4.79 Å². The van der Waals surface area contributed by atoms with Crippen LogP contribution in [-0.4, -0.2) is 28.6 Å². The Bertz CT molecular complexity index is 500. The van der Waals surface area contributed by atoms with Crippen LogP contribution in [0.4, 0.5) is 0 Å². The van der Waals surface area contributed by atoms with E-state index < -0.39 is 5.41 Å². The molecule has 20 heavy (non-hydrogen) atoms. The van der Waals surface area contributed by atoms with Gasteiger partial charge in [-0.3, -0.25) is 4.79 Å². The van der Waals surface area contributed by atoms with Crippen LogP contribution >= 0.6 is 12.2 Å². The fourth-order valence-electron chi connectivity index (χ4n) is 4.08. The number of carbonyl (C=O) groups is 1. The van der Waals surface area contributed by atoms with Crippen LogP contribution in [0, 0.1) is 17.8 Å². The first kappa shape index (κ1) is 13.7. The van der Waals surface area contributed by atoms with Gasteiger partial charge in [0.05, 0.1) is 11.6 Å². The predicted octanol–water partition coefficient (Wildman–Crippen LogP) is 1.06. The number of thiocarbonyl (C=S) groups is 1. The van der Waals surface area contributed by atoms with E-state index in [0.29, 0.717) is 6.04 Å². The average Bonchev–Trinajstić information content (AvgIpc) is 2.79. The highest BCUT2D eigenvalue weighted by molar-refractivity contribution is 7.80. The number of nitrogens with one attached hydrogen (secondary N) is 3. The molecule has 5 heteroatoms. The van der Waals surface area contributed by atoms with E-state index >= 15 is 0 Å². The summed E-state index contributed by atoms with van der Waals surface area (Å²) in [5.41, 5.74) is -0.844. The number of amides is 1. The number of terminal acetylenes is 1. The average molecular weight is 291 g/mol. The molecule has 0 bridgehead atoms. The maximum absolute atomic E-state index is 12.2. The minimum absolute atomic E-state index is 0.0421. The van der Waals surface area contributed by atoms with Gasteiger partial charge in [-0.25, -0.2) is 0 Å². The van der Waals surface area contributed by atoms with Gasteiger partial charge in [-0.15, -0.1) is 6.42 Å². The first-order valence-corrected chi connectivity index (χ1v) is 7.85. The summed E-state index contributed by atoms with van der Waals surface area (Å²) in [4.78, 5) is 12.2. The molecule has 2 heterocycles. The fraction of sp³-hybridized carbons (Fsp3) is 0.733. The van der Waals surface area contributed by atoms with Crippen molar-refractivity contribution in [3.63, 3.8) is 0 Å². The Balaban J connectivity index is 1.83. The molecule has 3 aliphatic rings. The highest BCUT2D eigenvalue weighted by Crippen LogP contribution is 2.52. The second kappa shape index (κ2) is 4.63. The molecule has 1 saturated carbocycles. The smallest absolute Gasteiger partial charge is 0.241 e. The van der Waals surface area contributed by atoms with Gasteiger partial charge in [-0.05, 0) is 37.9 Å². The van der Waals surface area contributed by atoms with Crippen molar-refractivity contribution >= 4 is 23.2 Å². The number of unbranched alkanes of at least 4 members (excludes halogenated alkanes) is 1. The number of fused-ring (bicyclic) bond motifs is 1. The van der Waals surface area contributed by atoms with Crippen molar-refractivity contribution in [3.8, 4) is 12.3 Å². The Labute approximate surface area is 125 Å². The SMILES string of the molecule is C#CC1(CCCC)C(=O)NC12CCC1NC(=S)NC1C2. The number of hydrogen-bond acceptors (Lipinski definition) is 2. The van der Waals surface area contributed by atoms with Crippen molar-refractivity contribution in [2.24, 2.45) is 5.41 Å². The van der Waals surface area contributed by atoms with Crippen molar-refractivity contribution < 1.29 is 4.79 Å². The largest absolute Gasteiger partial charge is 0.358 e. The van der Waals surface area contributed by atoms with Gasteiger partial charge in [0, 0.05) is 6.04 Å². The fourth-order valence-corrected chi connectivity index (χ4v) is 4.39. The third-order valence-electron chi connectivity index (χ3n) is 5.28. The molecule has 2 aliphatic heterocycles. The van der Waals surface area contributed by atoms with Crippen LogP contribution in [0.15, 0.2) is 0 Å². The molecule has 1 amide bonds. The molecule has 1 aliphatic carbocycles. The predicted molar refractivity (Wildman–Crippen MR) is 82.0 cm³/mol. The molecule has 4 atom stereocenters. The lowest BCUT2D eigenvalue weighted by Gasteiger charge is -2.59. The second-order valence-corrected chi connectivity index (χ2v) is 6.67. The summed E-state index contributed by atoms with van der Waals surface area (Å²) in [6, 6.07) is 0.665. The zero-order valence-electron chi connectivity index (χ0n) is 11.8. The summed E-state index contributed by atoms with van der Waals surface area (Å²) in [6.07, 6.45) is 11.4. The van der Waals surface area contributed by atoms with Crippen molar-refractivity contribution in [2.45, 2.75) is 63.1 Å². The summed E-state index contributed by atoms with van der Waals surface area (Å²) in [6.45, 7) is 2.13. The molecular formula is C15H21N3OS. The van der Waals surface area contributed by atoms with E-state index in [2.05, 4.69) is 28.8 Å². The van der Waals surface area contributed by atoms with Gasteiger partial charge in [-0.1, -0.05) is 25.7 Å². The maximum atomic E-state index is 12.2. The minimum atomic E-state index is -0.611. The van der Waals surface area contributed by atoms with Crippen LogP contribution in [0.1, 0.15) is 45.4 Å².